The van der Waals surface area contributed by atoms with Gasteiger partial charge in [-0.25, -0.2) is 0 Å². The van der Waals surface area contributed by atoms with Crippen molar-refractivity contribution in [1.82, 2.24) is 10.2 Å². The van der Waals surface area contributed by atoms with Crippen molar-refractivity contribution < 1.29 is 9.90 Å². The predicted molar refractivity (Wildman–Crippen MR) is 89.7 cm³/mol. The van der Waals surface area contributed by atoms with Gasteiger partial charge in [0.25, 0.3) is 0 Å². The van der Waals surface area contributed by atoms with Crippen LogP contribution in [0.15, 0.2) is 0 Å². The molecule has 2 N–H and O–H groups in total. The summed E-state index contributed by atoms with van der Waals surface area (Å²) >= 11 is 0. The molecule has 0 aromatic carbocycles. The van der Waals surface area contributed by atoms with Crippen molar-refractivity contribution >= 4 is 5.91 Å². The maximum Gasteiger partial charge on any atom is 0.220 e. The minimum atomic E-state index is 0.251. The van der Waals surface area contributed by atoms with E-state index in [1.54, 1.807) is 0 Å². The number of nitrogens with one attached hydrogen (secondary N) is 1. The van der Waals surface area contributed by atoms with Crippen molar-refractivity contribution in [1.29, 1.82) is 0 Å². The zero-order valence-corrected chi connectivity index (χ0v) is 14.1. The highest BCUT2D eigenvalue weighted by Gasteiger charge is 2.22. The van der Waals surface area contributed by atoms with Gasteiger partial charge in [-0.05, 0) is 57.5 Å². The molecule has 1 aliphatic heterocycles. The molecule has 1 unspecified atom stereocenters. The van der Waals surface area contributed by atoms with E-state index in [-0.39, 0.29) is 12.5 Å². The molecule has 1 aliphatic carbocycles. The van der Waals surface area contributed by atoms with Crippen molar-refractivity contribution in [2.24, 2.45) is 5.92 Å². The minimum Gasteiger partial charge on any atom is -0.395 e. The van der Waals surface area contributed by atoms with E-state index in [1.807, 2.05) is 0 Å². The molecule has 128 valence electrons. The molecule has 4 heteroatoms. The highest BCUT2D eigenvalue weighted by atomic mass is 16.3. The van der Waals surface area contributed by atoms with Crippen LogP contribution in [-0.4, -0.2) is 48.2 Å². The molecule has 1 saturated carbocycles. The van der Waals surface area contributed by atoms with Crippen LogP contribution in [0, 0.1) is 5.92 Å². The maximum atomic E-state index is 12.0. The van der Waals surface area contributed by atoms with Crippen molar-refractivity contribution in [3.05, 3.63) is 0 Å². The summed E-state index contributed by atoms with van der Waals surface area (Å²) in [5, 5.41) is 12.4. The number of rotatable bonds is 8. The first-order valence-electron chi connectivity index (χ1n) is 9.41. The Hall–Kier alpha value is -0.610. The van der Waals surface area contributed by atoms with Gasteiger partial charge >= 0.3 is 0 Å². The molecule has 1 saturated heterocycles. The number of likely N-dealkylation sites (tertiary alicyclic amines) is 1. The third-order valence-electron chi connectivity index (χ3n) is 5.35. The number of carbonyl (C=O) groups excluding carboxylic acids is 1. The van der Waals surface area contributed by atoms with Crippen molar-refractivity contribution in [3.63, 3.8) is 0 Å². The summed E-state index contributed by atoms with van der Waals surface area (Å²) in [6, 6.07) is 0.379. The van der Waals surface area contributed by atoms with Gasteiger partial charge in [0.05, 0.1) is 6.61 Å². The van der Waals surface area contributed by atoms with Crippen molar-refractivity contribution in [2.45, 2.75) is 76.7 Å². The number of nitrogens with zero attached hydrogens (tertiary/aromatic N) is 1. The van der Waals surface area contributed by atoms with Crippen LogP contribution in [0.2, 0.25) is 0 Å². The second kappa shape index (κ2) is 10.2. The lowest BCUT2D eigenvalue weighted by Crippen LogP contribution is -2.33. The lowest BCUT2D eigenvalue weighted by atomic mass is 9.96. The van der Waals surface area contributed by atoms with Crippen molar-refractivity contribution in [3.8, 4) is 0 Å². The number of hydrogen-bond acceptors (Lipinski definition) is 3. The van der Waals surface area contributed by atoms with Crippen LogP contribution in [0.3, 0.4) is 0 Å². The van der Waals surface area contributed by atoms with E-state index >= 15 is 0 Å². The molecule has 0 spiro atoms. The summed E-state index contributed by atoms with van der Waals surface area (Å²) in [5.74, 6) is 0.874. The number of aliphatic hydroxyl groups is 1. The molecule has 0 bridgehead atoms. The molecule has 0 aromatic rings. The van der Waals surface area contributed by atoms with Crippen LogP contribution >= 0.6 is 0 Å². The summed E-state index contributed by atoms with van der Waals surface area (Å²) in [7, 11) is 0. The van der Waals surface area contributed by atoms with Gasteiger partial charge in [0.1, 0.15) is 0 Å². The molecule has 0 aromatic heterocycles. The van der Waals surface area contributed by atoms with Crippen LogP contribution in [0.1, 0.15) is 70.6 Å². The summed E-state index contributed by atoms with van der Waals surface area (Å²) in [5.41, 5.74) is 0. The minimum absolute atomic E-state index is 0.251. The Kier molecular flexibility index (Phi) is 8.24. The Morgan fingerprint density at radius 3 is 2.55 bits per heavy atom. The highest BCUT2D eigenvalue weighted by Crippen LogP contribution is 2.25. The molecular formula is C18H34N2O2. The third kappa shape index (κ3) is 6.25. The lowest BCUT2D eigenvalue weighted by molar-refractivity contribution is -0.122. The Morgan fingerprint density at radius 1 is 1.05 bits per heavy atom. The van der Waals surface area contributed by atoms with Gasteiger partial charge in [-0.1, -0.05) is 25.7 Å². The van der Waals surface area contributed by atoms with E-state index in [0.717, 1.165) is 45.3 Å². The largest absolute Gasteiger partial charge is 0.395 e. The van der Waals surface area contributed by atoms with Crippen LogP contribution in [0.5, 0.6) is 0 Å². The monoisotopic (exact) mass is 310 g/mol. The summed E-state index contributed by atoms with van der Waals surface area (Å²) < 4.78 is 0. The van der Waals surface area contributed by atoms with Gasteiger partial charge in [0.2, 0.25) is 5.91 Å². The van der Waals surface area contributed by atoms with Gasteiger partial charge in [0.15, 0.2) is 0 Å². The average Bonchev–Trinajstić information content (AvgIpc) is 2.82. The molecule has 1 heterocycles. The van der Waals surface area contributed by atoms with E-state index in [0.29, 0.717) is 12.0 Å². The smallest absolute Gasteiger partial charge is 0.220 e. The second-order valence-corrected chi connectivity index (χ2v) is 7.13. The molecule has 22 heavy (non-hydrogen) atoms. The molecule has 0 radical (unpaired) electrons. The Labute approximate surface area is 135 Å². The molecule has 1 amide bonds. The van der Waals surface area contributed by atoms with E-state index in [9.17, 15) is 9.90 Å². The van der Waals surface area contributed by atoms with Gasteiger partial charge in [-0.15, -0.1) is 0 Å². The first kappa shape index (κ1) is 17.7. The van der Waals surface area contributed by atoms with Crippen LogP contribution in [-0.2, 0) is 4.79 Å². The Bertz CT molecular complexity index is 314. The van der Waals surface area contributed by atoms with Gasteiger partial charge in [0, 0.05) is 19.0 Å². The standard InChI is InChI=1S/C18H34N2O2/c21-15-17-10-7-13-20(17)12-6-5-11-19-18(22)14-16-8-3-1-2-4-9-16/h16-17,21H,1-15H2,(H,19,22). The van der Waals surface area contributed by atoms with E-state index in [4.69, 9.17) is 0 Å². The van der Waals surface area contributed by atoms with E-state index < -0.39 is 0 Å². The van der Waals surface area contributed by atoms with Crippen LogP contribution in [0.25, 0.3) is 0 Å². The van der Waals surface area contributed by atoms with E-state index in [2.05, 4.69) is 10.2 Å². The summed E-state index contributed by atoms with van der Waals surface area (Å²) in [6.07, 6.45) is 13.0. The molecular weight excluding hydrogens is 276 g/mol. The predicted octanol–water partition coefficient (Wildman–Crippen LogP) is 2.70. The molecule has 2 rings (SSSR count). The molecule has 1 atom stereocenters. The number of aliphatic hydroxyl groups excluding tert-OH is 1. The number of unbranched alkanes of at least 4 members (excludes halogenated alkanes) is 1. The fourth-order valence-corrected chi connectivity index (χ4v) is 3.97. The fourth-order valence-electron chi connectivity index (χ4n) is 3.97. The molecule has 2 fully saturated rings. The van der Waals surface area contributed by atoms with Gasteiger partial charge < -0.3 is 10.4 Å². The van der Waals surface area contributed by atoms with E-state index in [1.165, 1.54) is 44.9 Å². The fraction of sp³-hybridized carbons (Fsp3) is 0.944. The number of carbonyl (C=O) groups is 1. The van der Waals surface area contributed by atoms with Crippen molar-refractivity contribution in [2.75, 3.05) is 26.2 Å². The lowest BCUT2D eigenvalue weighted by Gasteiger charge is -2.22. The molecule has 2 aliphatic rings. The van der Waals surface area contributed by atoms with Crippen LogP contribution < -0.4 is 5.32 Å². The second-order valence-electron chi connectivity index (χ2n) is 7.13. The molecule has 4 nitrogen and oxygen atoms in total. The zero-order valence-electron chi connectivity index (χ0n) is 14.1. The van der Waals surface area contributed by atoms with Gasteiger partial charge in [-0.3, -0.25) is 9.69 Å². The summed E-state index contributed by atoms with van der Waals surface area (Å²) in [4.78, 5) is 14.4. The number of hydrogen-bond donors (Lipinski definition) is 2. The third-order valence-corrected chi connectivity index (χ3v) is 5.35. The highest BCUT2D eigenvalue weighted by molar-refractivity contribution is 5.76. The topological polar surface area (TPSA) is 52.6 Å². The first-order valence-corrected chi connectivity index (χ1v) is 9.41. The quantitative estimate of drug-likeness (QED) is 0.535. The normalized spacial score (nSPS) is 24.3. The summed E-state index contributed by atoms with van der Waals surface area (Å²) in [6.45, 7) is 3.28. The SMILES string of the molecule is O=C(CC1CCCCCC1)NCCCCN1CCCC1CO. The zero-order chi connectivity index (χ0) is 15.6. The van der Waals surface area contributed by atoms with Gasteiger partial charge in [-0.2, -0.15) is 0 Å². The Balaban J connectivity index is 1.50. The first-order chi connectivity index (χ1) is 10.8. The maximum absolute atomic E-state index is 12.0. The van der Waals surface area contributed by atoms with Crippen LogP contribution in [0.4, 0.5) is 0 Å². The average molecular weight is 310 g/mol. The Morgan fingerprint density at radius 2 is 1.82 bits per heavy atom. The number of amides is 1.